The number of hydrogen-bond donors (Lipinski definition) is 4. The van der Waals surface area contributed by atoms with Gasteiger partial charge in [-0.15, -0.1) is 12.6 Å². The van der Waals surface area contributed by atoms with Gasteiger partial charge in [-0.3, -0.25) is 4.79 Å². The van der Waals surface area contributed by atoms with Crippen LogP contribution in [0.25, 0.3) is 0 Å². The van der Waals surface area contributed by atoms with Crippen molar-refractivity contribution < 1.29 is 15.0 Å². The van der Waals surface area contributed by atoms with Crippen LogP contribution in [0.15, 0.2) is 0 Å². The number of rotatable bonds is 2. The van der Waals surface area contributed by atoms with Gasteiger partial charge in [0.25, 0.3) is 0 Å². The van der Waals surface area contributed by atoms with Crippen LogP contribution in [-0.2, 0) is 4.79 Å². The second-order valence-electron chi connectivity index (χ2n) is 1.53. The van der Waals surface area contributed by atoms with E-state index in [0.29, 0.717) is 6.54 Å². The molecule has 0 bridgehead atoms. The van der Waals surface area contributed by atoms with Crippen LogP contribution in [0.1, 0.15) is 6.92 Å². The molecule has 0 aliphatic rings. The third-order valence-corrected chi connectivity index (χ3v) is 0.860. The van der Waals surface area contributed by atoms with E-state index in [9.17, 15) is 4.79 Å². The Morgan fingerprint density at radius 1 is 1.80 bits per heavy atom. The predicted molar refractivity (Wildman–Crippen MR) is 41.8 cm³/mol. The molecule has 0 heterocycles. The quantitative estimate of drug-likeness (QED) is 0.388. The summed E-state index contributed by atoms with van der Waals surface area (Å²) in [5.41, 5.74) is 4.78. The van der Waals surface area contributed by atoms with Gasteiger partial charge in [-0.1, -0.05) is 0 Å². The van der Waals surface area contributed by atoms with Crippen molar-refractivity contribution in [1.29, 1.82) is 0 Å². The van der Waals surface area contributed by atoms with Crippen LogP contribution in [-0.4, -0.2) is 34.6 Å². The number of carbonyl (C=O) groups is 1. The van der Waals surface area contributed by atoms with Gasteiger partial charge in [-0.25, -0.2) is 0 Å². The number of nitrogens with two attached hydrogens (primary N) is 1. The average molecular weight is 167 g/mol. The highest BCUT2D eigenvalue weighted by molar-refractivity contribution is 7.96. The van der Waals surface area contributed by atoms with E-state index in [1.54, 1.807) is 0 Å². The lowest BCUT2D eigenvalue weighted by atomic mass is 10.5. The first-order valence-corrected chi connectivity index (χ1v) is 3.22. The summed E-state index contributed by atoms with van der Waals surface area (Å²) >= 11 is 3.30. The van der Waals surface area contributed by atoms with Crippen LogP contribution >= 0.6 is 12.6 Å². The molecule has 0 aromatic carbocycles. The van der Waals surface area contributed by atoms with Gasteiger partial charge >= 0.3 is 0 Å². The Hall–Kier alpha value is -0.100. The molecule has 0 aromatic rings. The molecule has 0 amide bonds. The first kappa shape index (κ1) is 12.6. The van der Waals surface area contributed by atoms with Crippen LogP contribution in [0, 0.1) is 0 Å². The van der Waals surface area contributed by atoms with E-state index in [4.69, 9.17) is 15.9 Å². The van der Waals surface area contributed by atoms with Crippen molar-refractivity contribution in [3.63, 3.8) is 0 Å². The Labute approximate surface area is 65.4 Å². The molecule has 62 valence electrons. The van der Waals surface area contributed by atoms with Gasteiger partial charge in [0, 0.05) is 6.54 Å². The number of aliphatic hydroxyl groups is 2. The number of thiol groups is 1. The van der Waals surface area contributed by atoms with Crippen molar-refractivity contribution in [2.45, 2.75) is 13.0 Å². The summed E-state index contributed by atoms with van der Waals surface area (Å²) < 4.78 is 0. The Morgan fingerprint density at radius 2 is 2.00 bits per heavy atom. The second-order valence-corrected chi connectivity index (χ2v) is 1.97. The monoisotopic (exact) mass is 167 g/mol. The van der Waals surface area contributed by atoms with E-state index in [2.05, 4.69) is 12.6 Å². The molecule has 4 nitrogen and oxygen atoms in total. The molecule has 0 aromatic heterocycles. The van der Waals surface area contributed by atoms with Crippen molar-refractivity contribution >= 4 is 17.7 Å². The molecule has 1 atom stereocenters. The summed E-state index contributed by atoms with van der Waals surface area (Å²) in [5.74, 6) is 0. The highest BCUT2D eigenvalue weighted by Crippen LogP contribution is 1.84. The summed E-state index contributed by atoms with van der Waals surface area (Å²) in [4.78, 5) is 9.76. The topological polar surface area (TPSA) is 83.5 Å². The van der Waals surface area contributed by atoms with Crippen molar-refractivity contribution in [1.82, 2.24) is 0 Å². The zero-order chi connectivity index (χ0) is 8.57. The van der Waals surface area contributed by atoms with Crippen LogP contribution in [0.4, 0.5) is 0 Å². The molecule has 0 aliphatic carbocycles. The minimum atomic E-state index is -0.923. The summed E-state index contributed by atoms with van der Waals surface area (Å²) in [5, 5.41) is 15.5. The SMILES string of the molecule is CC(O)C(=O)S.NCCO. The maximum absolute atomic E-state index is 9.76. The molecular formula is C5H13NO3S. The van der Waals surface area contributed by atoms with Crippen LogP contribution in [0.5, 0.6) is 0 Å². The molecule has 0 radical (unpaired) electrons. The van der Waals surface area contributed by atoms with Crippen molar-refractivity contribution in [3.8, 4) is 0 Å². The van der Waals surface area contributed by atoms with E-state index in [1.165, 1.54) is 6.92 Å². The first-order valence-electron chi connectivity index (χ1n) is 2.78. The normalized spacial score (nSPS) is 11.3. The van der Waals surface area contributed by atoms with Gasteiger partial charge in [0.2, 0.25) is 5.12 Å². The predicted octanol–water partition coefficient (Wildman–Crippen LogP) is -1.24. The van der Waals surface area contributed by atoms with Crippen LogP contribution in [0.2, 0.25) is 0 Å². The molecule has 0 rings (SSSR count). The molecule has 1 unspecified atom stereocenters. The lowest BCUT2D eigenvalue weighted by Crippen LogP contribution is -2.07. The summed E-state index contributed by atoms with van der Waals surface area (Å²) in [6, 6.07) is 0. The largest absolute Gasteiger partial charge is 0.395 e. The zero-order valence-corrected chi connectivity index (χ0v) is 6.71. The van der Waals surface area contributed by atoms with Gasteiger partial charge in [-0.05, 0) is 6.92 Å². The Morgan fingerprint density at radius 3 is 2.00 bits per heavy atom. The molecular weight excluding hydrogens is 154 g/mol. The Bertz CT molecular complexity index is 85.0. The smallest absolute Gasteiger partial charge is 0.214 e. The fourth-order valence-electron chi connectivity index (χ4n) is 0. The molecule has 0 aliphatic heterocycles. The third-order valence-electron chi connectivity index (χ3n) is 0.486. The number of carbonyl (C=O) groups excluding carboxylic acids is 1. The molecule has 0 saturated heterocycles. The molecule has 0 fully saturated rings. The van der Waals surface area contributed by atoms with Gasteiger partial charge in [0.15, 0.2) is 0 Å². The van der Waals surface area contributed by atoms with Gasteiger partial charge in [0.1, 0.15) is 6.10 Å². The average Bonchev–Trinajstić information content (AvgIpc) is 1.89. The van der Waals surface area contributed by atoms with Crippen LogP contribution < -0.4 is 5.73 Å². The molecule has 0 spiro atoms. The maximum atomic E-state index is 9.76. The van der Waals surface area contributed by atoms with E-state index < -0.39 is 11.2 Å². The fraction of sp³-hybridized carbons (Fsp3) is 0.800. The molecule has 10 heavy (non-hydrogen) atoms. The van der Waals surface area contributed by atoms with Crippen molar-refractivity contribution in [2.75, 3.05) is 13.2 Å². The molecule has 0 saturated carbocycles. The van der Waals surface area contributed by atoms with E-state index in [1.807, 2.05) is 0 Å². The van der Waals surface area contributed by atoms with Gasteiger partial charge < -0.3 is 15.9 Å². The third kappa shape index (κ3) is 15.7. The van der Waals surface area contributed by atoms with Gasteiger partial charge in [-0.2, -0.15) is 0 Å². The molecule has 4 N–H and O–H groups in total. The minimum absolute atomic E-state index is 0.0972. The maximum Gasteiger partial charge on any atom is 0.214 e. The van der Waals surface area contributed by atoms with Crippen molar-refractivity contribution in [3.05, 3.63) is 0 Å². The first-order chi connectivity index (χ1) is 4.56. The minimum Gasteiger partial charge on any atom is -0.395 e. The second kappa shape index (κ2) is 8.90. The summed E-state index contributed by atoms with van der Waals surface area (Å²) in [6.45, 7) is 1.84. The fourth-order valence-corrected chi connectivity index (χ4v) is 0. The lowest BCUT2D eigenvalue weighted by molar-refractivity contribution is -0.117. The molecule has 5 heteroatoms. The highest BCUT2D eigenvalue weighted by atomic mass is 32.1. The lowest BCUT2D eigenvalue weighted by Gasteiger charge is -1.89. The Balaban J connectivity index is 0. The summed E-state index contributed by atoms with van der Waals surface area (Å²) in [7, 11) is 0. The number of aliphatic hydroxyl groups excluding tert-OH is 2. The van der Waals surface area contributed by atoms with Crippen molar-refractivity contribution in [2.24, 2.45) is 5.73 Å². The Kier molecular flexibility index (Phi) is 11.2. The standard InChI is InChI=1S/C3H6O2S.C2H7NO/c1-2(4)3(5)6;3-1-2-4/h2,4H,1H3,(H,5,6);4H,1-3H2. The zero-order valence-electron chi connectivity index (χ0n) is 5.82. The van der Waals surface area contributed by atoms with E-state index in [0.717, 1.165) is 0 Å². The van der Waals surface area contributed by atoms with E-state index in [-0.39, 0.29) is 6.61 Å². The van der Waals surface area contributed by atoms with Crippen LogP contribution in [0.3, 0.4) is 0 Å². The number of hydrogen-bond acceptors (Lipinski definition) is 4. The van der Waals surface area contributed by atoms with Gasteiger partial charge in [0.05, 0.1) is 6.61 Å². The highest BCUT2D eigenvalue weighted by Gasteiger charge is 1.98. The van der Waals surface area contributed by atoms with E-state index >= 15 is 0 Å². The summed E-state index contributed by atoms with van der Waals surface area (Å²) in [6.07, 6.45) is -0.923.